The van der Waals surface area contributed by atoms with E-state index in [9.17, 15) is 9.59 Å². The van der Waals surface area contributed by atoms with Crippen molar-refractivity contribution in [3.63, 3.8) is 0 Å². The van der Waals surface area contributed by atoms with Crippen LogP contribution in [0.1, 0.15) is 47.0 Å². The maximum atomic E-state index is 12.2. The molecule has 19 heavy (non-hydrogen) atoms. The molecule has 0 aromatic carbocycles. The summed E-state index contributed by atoms with van der Waals surface area (Å²) in [6, 6.07) is -0.0590. The van der Waals surface area contributed by atoms with Gasteiger partial charge in [0.2, 0.25) is 5.91 Å². The van der Waals surface area contributed by atoms with Crippen LogP contribution in [0, 0.1) is 5.92 Å². The molecule has 1 saturated carbocycles. The van der Waals surface area contributed by atoms with Crippen LogP contribution in [0.15, 0.2) is 0 Å². The van der Waals surface area contributed by atoms with Crippen molar-refractivity contribution in [2.24, 2.45) is 5.92 Å². The number of carbonyl (C=O) groups excluding carboxylic acids is 2. The summed E-state index contributed by atoms with van der Waals surface area (Å²) in [4.78, 5) is 25.8. The number of nitrogens with zero attached hydrogens (tertiary/aromatic N) is 1. The molecule has 2 rings (SSSR count). The third-order valence-electron chi connectivity index (χ3n) is 3.62. The Morgan fingerprint density at radius 3 is 2.47 bits per heavy atom. The summed E-state index contributed by atoms with van der Waals surface area (Å²) in [6.07, 6.45) is 2.25. The van der Waals surface area contributed by atoms with Crippen LogP contribution in [0.5, 0.6) is 0 Å². The first-order valence-electron chi connectivity index (χ1n) is 7.08. The van der Waals surface area contributed by atoms with Crippen LogP contribution >= 0.6 is 0 Å². The number of hydrogen-bond donors (Lipinski definition) is 1. The van der Waals surface area contributed by atoms with E-state index in [1.165, 1.54) is 0 Å². The van der Waals surface area contributed by atoms with Gasteiger partial charge in [-0.3, -0.25) is 9.69 Å². The van der Waals surface area contributed by atoms with Crippen molar-refractivity contribution in [1.82, 2.24) is 10.2 Å². The Morgan fingerprint density at radius 1 is 1.32 bits per heavy atom. The maximum Gasteiger partial charge on any atom is 0.410 e. The standard InChI is InChI=1S/C14H24N2O3/c1-9-8-10(9)15-12(17)11-6-5-7-16(11)13(18)19-14(2,3)4/h9-11H,5-8H2,1-4H3,(H,15,17). The van der Waals surface area contributed by atoms with E-state index >= 15 is 0 Å². The van der Waals surface area contributed by atoms with Crippen molar-refractivity contribution in [2.45, 2.75) is 64.6 Å². The summed E-state index contributed by atoms with van der Waals surface area (Å²) in [5.74, 6) is 0.540. The summed E-state index contributed by atoms with van der Waals surface area (Å²) in [6.45, 7) is 8.23. The molecule has 108 valence electrons. The molecule has 5 heteroatoms. The van der Waals surface area contributed by atoms with Gasteiger partial charge in [0.05, 0.1) is 0 Å². The first kappa shape index (κ1) is 14.2. The van der Waals surface area contributed by atoms with Crippen molar-refractivity contribution in [3.8, 4) is 0 Å². The first-order chi connectivity index (χ1) is 8.78. The SMILES string of the molecule is CC1CC1NC(=O)C1CCCN1C(=O)OC(C)(C)C. The van der Waals surface area contributed by atoms with Gasteiger partial charge in [-0.15, -0.1) is 0 Å². The normalized spacial score (nSPS) is 30.1. The molecular formula is C14H24N2O3. The molecule has 1 heterocycles. The van der Waals surface area contributed by atoms with Crippen LogP contribution < -0.4 is 5.32 Å². The Balaban J connectivity index is 1.92. The van der Waals surface area contributed by atoms with Crippen molar-refractivity contribution in [1.29, 1.82) is 0 Å². The van der Waals surface area contributed by atoms with Crippen molar-refractivity contribution in [3.05, 3.63) is 0 Å². The third-order valence-corrected chi connectivity index (χ3v) is 3.62. The molecule has 3 atom stereocenters. The van der Waals surface area contributed by atoms with E-state index in [0.717, 1.165) is 19.3 Å². The molecule has 3 unspecified atom stereocenters. The first-order valence-corrected chi connectivity index (χ1v) is 7.08. The number of likely N-dealkylation sites (tertiary alicyclic amines) is 1. The second-order valence-corrected chi connectivity index (χ2v) is 6.66. The van der Waals surface area contributed by atoms with Gasteiger partial charge < -0.3 is 10.1 Å². The Bertz CT molecular complexity index is 375. The van der Waals surface area contributed by atoms with E-state index in [0.29, 0.717) is 18.5 Å². The molecule has 0 aromatic rings. The number of hydrogen-bond acceptors (Lipinski definition) is 3. The third kappa shape index (κ3) is 3.61. The number of rotatable bonds is 2. The van der Waals surface area contributed by atoms with Gasteiger partial charge in [-0.2, -0.15) is 0 Å². The number of ether oxygens (including phenoxy) is 1. The lowest BCUT2D eigenvalue weighted by atomic mass is 10.2. The van der Waals surface area contributed by atoms with Gasteiger partial charge >= 0.3 is 6.09 Å². The zero-order valence-electron chi connectivity index (χ0n) is 12.2. The minimum Gasteiger partial charge on any atom is -0.444 e. The minimum atomic E-state index is -0.522. The Labute approximate surface area is 114 Å². The van der Waals surface area contributed by atoms with Crippen LogP contribution in [0.2, 0.25) is 0 Å². The van der Waals surface area contributed by atoms with E-state index < -0.39 is 5.60 Å². The van der Waals surface area contributed by atoms with E-state index in [1.807, 2.05) is 20.8 Å². The quantitative estimate of drug-likeness (QED) is 0.832. The predicted octanol–water partition coefficient (Wildman–Crippen LogP) is 1.91. The monoisotopic (exact) mass is 268 g/mol. The van der Waals surface area contributed by atoms with Crippen LogP contribution in [0.3, 0.4) is 0 Å². The van der Waals surface area contributed by atoms with Gasteiger partial charge in [0.1, 0.15) is 11.6 Å². The zero-order valence-corrected chi connectivity index (χ0v) is 12.2. The fourth-order valence-corrected chi connectivity index (χ4v) is 2.38. The number of carbonyl (C=O) groups is 2. The fourth-order valence-electron chi connectivity index (χ4n) is 2.38. The summed E-state index contributed by atoms with van der Waals surface area (Å²) in [5.41, 5.74) is -0.522. The molecule has 2 amide bonds. The molecule has 1 aliphatic heterocycles. The van der Waals surface area contributed by atoms with Crippen LogP contribution in [-0.4, -0.2) is 41.1 Å². The Hall–Kier alpha value is -1.26. The predicted molar refractivity (Wildman–Crippen MR) is 71.7 cm³/mol. The molecule has 2 fully saturated rings. The van der Waals surface area contributed by atoms with E-state index in [1.54, 1.807) is 4.90 Å². The number of amides is 2. The van der Waals surface area contributed by atoms with Gasteiger partial charge in [-0.05, 0) is 46.0 Å². The molecular weight excluding hydrogens is 244 g/mol. The lowest BCUT2D eigenvalue weighted by Crippen LogP contribution is -2.48. The average Bonchev–Trinajstić information content (AvgIpc) is 2.81. The zero-order chi connectivity index (χ0) is 14.2. The molecule has 0 spiro atoms. The summed E-state index contributed by atoms with van der Waals surface area (Å²) < 4.78 is 5.35. The summed E-state index contributed by atoms with van der Waals surface area (Å²) in [7, 11) is 0. The van der Waals surface area contributed by atoms with Gasteiger partial charge in [-0.1, -0.05) is 6.92 Å². The molecule has 1 N–H and O–H groups in total. The van der Waals surface area contributed by atoms with Crippen molar-refractivity contribution >= 4 is 12.0 Å². The second-order valence-electron chi connectivity index (χ2n) is 6.66. The molecule has 0 radical (unpaired) electrons. The highest BCUT2D eigenvalue weighted by Gasteiger charge is 2.40. The highest BCUT2D eigenvalue weighted by molar-refractivity contribution is 5.86. The summed E-state index contributed by atoms with van der Waals surface area (Å²) >= 11 is 0. The van der Waals surface area contributed by atoms with Gasteiger partial charge in [0, 0.05) is 12.6 Å². The summed E-state index contributed by atoms with van der Waals surface area (Å²) in [5, 5.41) is 3.00. The average molecular weight is 268 g/mol. The van der Waals surface area contributed by atoms with Crippen LogP contribution in [0.25, 0.3) is 0 Å². The highest BCUT2D eigenvalue weighted by Crippen LogP contribution is 2.30. The number of nitrogens with one attached hydrogen (secondary N) is 1. The minimum absolute atomic E-state index is 0.0299. The van der Waals surface area contributed by atoms with E-state index in [4.69, 9.17) is 4.74 Å². The molecule has 5 nitrogen and oxygen atoms in total. The molecule has 0 aromatic heterocycles. The van der Waals surface area contributed by atoms with Crippen LogP contribution in [-0.2, 0) is 9.53 Å². The van der Waals surface area contributed by atoms with Crippen LogP contribution in [0.4, 0.5) is 4.79 Å². The smallest absolute Gasteiger partial charge is 0.410 e. The molecule has 1 saturated heterocycles. The fraction of sp³-hybridized carbons (Fsp3) is 0.857. The molecule has 0 bridgehead atoms. The highest BCUT2D eigenvalue weighted by atomic mass is 16.6. The Kier molecular flexibility index (Phi) is 3.74. The largest absolute Gasteiger partial charge is 0.444 e. The van der Waals surface area contributed by atoms with E-state index in [2.05, 4.69) is 12.2 Å². The lowest BCUT2D eigenvalue weighted by molar-refractivity contribution is -0.125. The topological polar surface area (TPSA) is 58.6 Å². The Morgan fingerprint density at radius 2 is 1.95 bits per heavy atom. The molecule has 1 aliphatic carbocycles. The second kappa shape index (κ2) is 5.02. The molecule has 2 aliphatic rings. The van der Waals surface area contributed by atoms with Gasteiger partial charge in [-0.25, -0.2) is 4.79 Å². The van der Waals surface area contributed by atoms with Crippen molar-refractivity contribution in [2.75, 3.05) is 6.54 Å². The van der Waals surface area contributed by atoms with Gasteiger partial charge in [0.15, 0.2) is 0 Å². The van der Waals surface area contributed by atoms with Crippen molar-refractivity contribution < 1.29 is 14.3 Å². The van der Waals surface area contributed by atoms with Gasteiger partial charge in [0.25, 0.3) is 0 Å². The van der Waals surface area contributed by atoms with E-state index in [-0.39, 0.29) is 18.0 Å². The lowest BCUT2D eigenvalue weighted by Gasteiger charge is -2.28. The maximum absolute atomic E-state index is 12.2.